The van der Waals surface area contributed by atoms with Crippen LogP contribution in [-0.2, 0) is 51.8 Å². The summed E-state index contributed by atoms with van der Waals surface area (Å²) in [5.74, 6) is -3.64. The third kappa shape index (κ3) is 9.16. The van der Waals surface area contributed by atoms with Crippen molar-refractivity contribution in [3.05, 3.63) is 47.3 Å². The molecule has 0 aromatic heterocycles. The monoisotopic (exact) mass is 761 g/mol. The summed E-state index contributed by atoms with van der Waals surface area (Å²) >= 11 is 0. The lowest BCUT2D eigenvalue weighted by atomic mass is 10.0. The number of allylic oxidation sites excluding steroid dienone is 1. The number of hydrogen-bond acceptors (Lipinski definition) is 10. The molecule has 15 nitrogen and oxygen atoms in total. The molecule has 53 heavy (non-hydrogen) atoms. The summed E-state index contributed by atoms with van der Waals surface area (Å²) in [6.07, 6.45) is -1.90. The van der Waals surface area contributed by atoms with Gasteiger partial charge in [0.25, 0.3) is 5.91 Å². The number of Topliss-reactive ketones (excluding diaryl/α,β-unsaturated/α-hetero) is 1. The fourth-order valence-electron chi connectivity index (χ4n) is 6.79. The van der Waals surface area contributed by atoms with Crippen LogP contribution in [0.25, 0.3) is 0 Å². The lowest BCUT2D eigenvalue weighted by molar-refractivity contribution is -0.141. The van der Waals surface area contributed by atoms with Crippen molar-refractivity contribution < 1.29 is 51.0 Å². The van der Waals surface area contributed by atoms with E-state index in [9.17, 15) is 41.6 Å². The first-order valence-corrected chi connectivity index (χ1v) is 19.4. The number of ether oxygens (including phenoxy) is 2. The summed E-state index contributed by atoms with van der Waals surface area (Å²) in [7, 11) is -3.94. The number of likely N-dealkylation sites (tertiary alicyclic amines) is 1. The third-order valence-corrected chi connectivity index (χ3v) is 11.8. The number of sulfonamides is 1. The Kier molecular flexibility index (Phi) is 11.3. The lowest BCUT2D eigenvalue weighted by Crippen LogP contribution is -2.58. The van der Waals surface area contributed by atoms with Crippen LogP contribution >= 0.6 is 0 Å². The van der Waals surface area contributed by atoms with Crippen molar-refractivity contribution in [1.82, 2.24) is 25.2 Å². The van der Waals surface area contributed by atoms with Crippen LogP contribution in [0.5, 0.6) is 0 Å². The molecule has 1 saturated heterocycles. The maximum Gasteiger partial charge on any atom is 0.410 e. The molecule has 0 bridgehead atoms. The number of alkyl carbamates (subject to hydrolysis) is 1. The molecule has 2 aliphatic heterocycles. The second-order valence-corrected chi connectivity index (χ2v) is 17.3. The van der Waals surface area contributed by atoms with E-state index in [1.807, 2.05) is 0 Å². The van der Waals surface area contributed by atoms with Gasteiger partial charge in [-0.2, -0.15) is 0 Å². The number of carbonyl (C=O) groups is 6. The van der Waals surface area contributed by atoms with Crippen LogP contribution in [-0.4, -0.2) is 95.0 Å². The van der Waals surface area contributed by atoms with Crippen LogP contribution in [0.4, 0.5) is 14.0 Å². The number of nitrogens with one attached hydrogen (secondary N) is 3. The minimum absolute atomic E-state index is 0.0431. The van der Waals surface area contributed by atoms with E-state index in [0.717, 1.165) is 4.90 Å². The van der Waals surface area contributed by atoms with Crippen molar-refractivity contribution in [3.63, 3.8) is 0 Å². The zero-order chi connectivity index (χ0) is 39.0. The molecule has 4 aliphatic rings. The largest absolute Gasteiger partial charge is 0.444 e. The van der Waals surface area contributed by atoms with Gasteiger partial charge in [0.05, 0.1) is 18.3 Å². The van der Waals surface area contributed by atoms with E-state index in [1.54, 1.807) is 33.8 Å². The van der Waals surface area contributed by atoms with Crippen molar-refractivity contribution in [2.45, 2.75) is 127 Å². The molecule has 1 aromatic rings. The highest BCUT2D eigenvalue weighted by molar-refractivity contribution is 7.91. The highest BCUT2D eigenvalue weighted by Gasteiger charge is 2.62. The zero-order valence-electron chi connectivity index (χ0n) is 30.7. The summed E-state index contributed by atoms with van der Waals surface area (Å²) < 4.78 is 53.0. The molecule has 5 rings (SSSR count). The molecule has 5 amide bonds. The van der Waals surface area contributed by atoms with Gasteiger partial charge in [-0.15, -0.1) is 0 Å². The standard InChI is InChI=1S/C36H48FN5O10S/c1-7-22-16-36(22,32(46)40-53(49,50)24-11-12-24)39-30(44)28-15-23(51-34(48)41-17-21-9-8-10-26(37)25(21)19-41)18-42(28)31(45)27(13-14-29(43)20(2)3)38-33(47)52-35(4,5)6/h8-10,22-24,27-28H,2,7,11-19H2,1,3-6H3,(H,38,47)(H,39,44)(H,40,46)/t22-,23-,27+,28+,36-/m1/s1. The number of ketones is 1. The molecule has 3 N–H and O–H groups in total. The molecule has 2 aliphatic carbocycles. The van der Waals surface area contributed by atoms with Gasteiger partial charge in [0.1, 0.15) is 35.1 Å². The third-order valence-electron chi connectivity index (χ3n) is 9.97. The molecular formula is C36H48FN5O10S. The lowest BCUT2D eigenvalue weighted by Gasteiger charge is -2.30. The minimum atomic E-state index is -3.94. The fourth-order valence-corrected chi connectivity index (χ4v) is 8.16. The highest BCUT2D eigenvalue weighted by atomic mass is 32.2. The van der Waals surface area contributed by atoms with E-state index >= 15 is 0 Å². The Morgan fingerprint density at radius 2 is 1.81 bits per heavy atom. The molecular weight excluding hydrogens is 713 g/mol. The van der Waals surface area contributed by atoms with Crippen molar-refractivity contribution >= 4 is 45.7 Å². The van der Waals surface area contributed by atoms with Gasteiger partial charge >= 0.3 is 12.2 Å². The van der Waals surface area contributed by atoms with E-state index in [4.69, 9.17) is 9.47 Å². The second kappa shape index (κ2) is 15.1. The van der Waals surface area contributed by atoms with Gasteiger partial charge < -0.3 is 25.0 Å². The molecule has 0 radical (unpaired) electrons. The SMILES string of the molecule is C=C(C)C(=O)CC[C@H](NC(=O)OC(C)(C)C)C(=O)N1C[C@H](OC(=O)N2Cc3cccc(F)c3C2)C[C@H]1C(=O)N[C@]1(C(=O)NS(=O)(=O)C2CC2)C[C@H]1CC. The Bertz CT molecular complexity index is 1810. The van der Waals surface area contributed by atoms with Crippen LogP contribution < -0.4 is 15.4 Å². The first-order valence-electron chi connectivity index (χ1n) is 17.8. The topological polar surface area (TPSA) is 198 Å². The summed E-state index contributed by atoms with van der Waals surface area (Å²) in [6, 6.07) is 1.83. The van der Waals surface area contributed by atoms with Gasteiger partial charge in [-0.25, -0.2) is 22.4 Å². The summed E-state index contributed by atoms with van der Waals surface area (Å²) in [4.78, 5) is 83.1. The Balaban J connectivity index is 1.39. The molecule has 290 valence electrons. The number of nitrogens with zero attached hydrogens (tertiary/aromatic N) is 2. The van der Waals surface area contributed by atoms with Crippen molar-refractivity contribution in [1.29, 1.82) is 0 Å². The smallest absolute Gasteiger partial charge is 0.410 e. The Morgan fingerprint density at radius 1 is 1.11 bits per heavy atom. The van der Waals surface area contributed by atoms with Crippen LogP contribution in [0.3, 0.4) is 0 Å². The van der Waals surface area contributed by atoms with Crippen molar-refractivity contribution in [2.24, 2.45) is 5.92 Å². The van der Waals surface area contributed by atoms with Crippen molar-refractivity contribution in [3.8, 4) is 0 Å². The minimum Gasteiger partial charge on any atom is -0.444 e. The molecule has 2 heterocycles. The molecule has 0 unspecified atom stereocenters. The molecule has 17 heteroatoms. The van der Waals surface area contributed by atoms with E-state index < -0.39 is 80.3 Å². The summed E-state index contributed by atoms with van der Waals surface area (Å²) in [5.41, 5.74) is -1.27. The number of halogens is 1. The van der Waals surface area contributed by atoms with E-state index in [0.29, 0.717) is 30.4 Å². The normalized spacial score (nSPS) is 24.1. The van der Waals surface area contributed by atoms with E-state index in [1.165, 1.54) is 24.0 Å². The number of fused-ring (bicyclic) bond motifs is 1. The van der Waals surface area contributed by atoms with Gasteiger partial charge in [-0.05, 0) is 76.5 Å². The van der Waals surface area contributed by atoms with Crippen LogP contribution in [0.2, 0.25) is 0 Å². The zero-order valence-corrected chi connectivity index (χ0v) is 31.5. The Labute approximate surface area is 308 Å². The van der Waals surface area contributed by atoms with Crippen LogP contribution in [0.15, 0.2) is 30.4 Å². The first-order chi connectivity index (χ1) is 24.7. The van der Waals surface area contributed by atoms with Gasteiger partial charge in [0, 0.05) is 24.9 Å². The molecule has 5 atom stereocenters. The first kappa shape index (κ1) is 39.7. The number of rotatable bonds is 13. The van der Waals surface area contributed by atoms with E-state index in [2.05, 4.69) is 21.9 Å². The summed E-state index contributed by atoms with van der Waals surface area (Å²) in [6.45, 7) is 11.6. The Morgan fingerprint density at radius 3 is 2.40 bits per heavy atom. The fraction of sp³-hybridized carbons (Fsp3) is 0.611. The average molecular weight is 762 g/mol. The van der Waals surface area contributed by atoms with E-state index in [-0.39, 0.29) is 62.6 Å². The molecule has 1 aromatic carbocycles. The summed E-state index contributed by atoms with van der Waals surface area (Å²) in [5, 5.41) is 4.55. The Hall–Kier alpha value is -4.54. The van der Waals surface area contributed by atoms with Crippen molar-refractivity contribution in [2.75, 3.05) is 6.54 Å². The van der Waals surface area contributed by atoms with Crippen LogP contribution in [0, 0.1) is 11.7 Å². The predicted octanol–water partition coefficient (Wildman–Crippen LogP) is 2.96. The average Bonchev–Trinajstić information content (AvgIpc) is 3.96. The molecule has 2 saturated carbocycles. The van der Waals surface area contributed by atoms with Crippen LogP contribution in [0.1, 0.15) is 90.7 Å². The molecule has 3 fully saturated rings. The number of hydrogen-bond donors (Lipinski definition) is 3. The highest BCUT2D eigenvalue weighted by Crippen LogP contribution is 2.47. The van der Waals surface area contributed by atoms with Gasteiger partial charge in [0.2, 0.25) is 21.8 Å². The predicted molar refractivity (Wildman–Crippen MR) is 188 cm³/mol. The van der Waals surface area contributed by atoms with Gasteiger partial charge in [-0.3, -0.25) is 28.8 Å². The van der Waals surface area contributed by atoms with Gasteiger partial charge in [0.15, 0.2) is 5.78 Å². The number of amides is 5. The maximum atomic E-state index is 14.4. The molecule has 0 spiro atoms. The number of benzene rings is 1. The maximum absolute atomic E-state index is 14.4. The van der Waals surface area contributed by atoms with Gasteiger partial charge in [-0.1, -0.05) is 32.1 Å². The second-order valence-electron chi connectivity index (χ2n) is 15.4. The quantitative estimate of drug-likeness (QED) is 0.251. The number of carbonyl (C=O) groups excluding carboxylic acids is 6.